The smallest absolute Gasteiger partial charge is 0.342 e. The lowest BCUT2D eigenvalue weighted by Crippen LogP contribution is -2.49. The van der Waals surface area contributed by atoms with Crippen LogP contribution in [0.15, 0.2) is 0 Å². The number of hydrogen-bond donors (Lipinski definition) is 1. The molecular formula is C15H26F3N3O2. The Hall–Kier alpha value is -1.31. The van der Waals surface area contributed by atoms with E-state index in [1.54, 1.807) is 18.7 Å². The van der Waals surface area contributed by atoms with Crippen molar-refractivity contribution in [1.82, 2.24) is 9.80 Å². The number of nitrogens with two attached hydrogens (primary N) is 1. The number of halogens is 3. The van der Waals surface area contributed by atoms with E-state index in [9.17, 15) is 22.8 Å². The van der Waals surface area contributed by atoms with E-state index in [4.69, 9.17) is 5.73 Å². The van der Waals surface area contributed by atoms with Crippen molar-refractivity contribution in [3.63, 3.8) is 0 Å². The molecule has 23 heavy (non-hydrogen) atoms. The first-order valence-electron chi connectivity index (χ1n) is 8.03. The van der Waals surface area contributed by atoms with Crippen molar-refractivity contribution in [1.29, 1.82) is 0 Å². The number of alkyl halides is 3. The zero-order chi connectivity index (χ0) is 17.6. The van der Waals surface area contributed by atoms with Crippen molar-refractivity contribution in [2.75, 3.05) is 26.2 Å². The number of likely N-dealkylation sites (tertiary alicyclic amines) is 1. The van der Waals surface area contributed by atoms with E-state index in [2.05, 4.69) is 0 Å². The lowest BCUT2D eigenvalue weighted by molar-refractivity contribution is -0.165. The minimum atomic E-state index is -4.41. The van der Waals surface area contributed by atoms with Gasteiger partial charge in [0.15, 0.2) is 0 Å². The maximum atomic E-state index is 12.6. The minimum Gasteiger partial charge on any atom is -0.342 e. The third-order valence-electron chi connectivity index (χ3n) is 3.80. The highest BCUT2D eigenvalue weighted by Gasteiger charge is 2.36. The molecule has 1 fully saturated rings. The van der Waals surface area contributed by atoms with Gasteiger partial charge >= 0.3 is 6.18 Å². The van der Waals surface area contributed by atoms with E-state index in [1.165, 1.54) is 0 Å². The van der Waals surface area contributed by atoms with Crippen LogP contribution in [-0.2, 0) is 9.59 Å². The van der Waals surface area contributed by atoms with Crippen molar-refractivity contribution in [2.45, 2.75) is 51.7 Å². The van der Waals surface area contributed by atoms with E-state index < -0.39 is 24.5 Å². The number of rotatable bonds is 6. The Morgan fingerprint density at radius 2 is 2.04 bits per heavy atom. The second-order valence-corrected chi connectivity index (χ2v) is 6.24. The third-order valence-corrected chi connectivity index (χ3v) is 3.80. The summed E-state index contributed by atoms with van der Waals surface area (Å²) in [4.78, 5) is 26.9. The normalized spacial score (nSPS) is 20.3. The summed E-state index contributed by atoms with van der Waals surface area (Å²) >= 11 is 0. The van der Waals surface area contributed by atoms with Crippen LogP contribution in [-0.4, -0.2) is 60.0 Å². The Morgan fingerprint density at radius 1 is 1.39 bits per heavy atom. The van der Waals surface area contributed by atoms with Crippen molar-refractivity contribution in [3.05, 3.63) is 0 Å². The van der Waals surface area contributed by atoms with Gasteiger partial charge < -0.3 is 15.5 Å². The van der Waals surface area contributed by atoms with Crippen molar-refractivity contribution in [3.8, 4) is 0 Å². The number of hydrogen-bond acceptors (Lipinski definition) is 3. The largest absolute Gasteiger partial charge is 0.406 e. The van der Waals surface area contributed by atoms with Crippen molar-refractivity contribution < 1.29 is 22.8 Å². The van der Waals surface area contributed by atoms with Gasteiger partial charge in [-0.15, -0.1) is 0 Å². The molecule has 2 N–H and O–H groups in total. The quantitative estimate of drug-likeness (QED) is 0.803. The Bertz CT molecular complexity index is 413. The molecule has 134 valence electrons. The van der Waals surface area contributed by atoms with Gasteiger partial charge in [-0.1, -0.05) is 6.92 Å². The summed E-state index contributed by atoms with van der Waals surface area (Å²) in [5, 5.41) is 0. The SMILES string of the molecule is CCCN(CC(F)(F)F)C(=O)C1CCCN(C(=O)CC(C)N)C1. The predicted molar refractivity (Wildman–Crippen MR) is 80.5 cm³/mol. The van der Waals surface area contributed by atoms with Gasteiger partial charge in [0.2, 0.25) is 11.8 Å². The highest BCUT2D eigenvalue weighted by Crippen LogP contribution is 2.23. The summed E-state index contributed by atoms with van der Waals surface area (Å²) < 4.78 is 37.9. The summed E-state index contributed by atoms with van der Waals surface area (Å²) in [5.41, 5.74) is 5.60. The number of piperidine rings is 1. The first-order chi connectivity index (χ1) is 10.6. The van der Waals surface area contributed by atoms with Gasteiger partial charge in [-0.05, 0) is 26.2 Å². The van der Waals surface area contributed by atoms with Crippen LogP contribution in [0, 0.1) is 5.92 Å². The van der Waals surface area contributed by atoms with Gasteiger partial charge in [0.05, 0.1) is 5.92 Å². The molecular weight excluding hydrogens is 311 g/mol. The molecule has 1 heterocycles. The summed E-state index contributed by atoms with van der Waals surface area (Å²) in [6.45, 7) is 3.00. The van der Waals surface area contributed by atoms with Gasteiger partial charge in [0, 0.05) is 32.1 Å². The second-order valence-electron chi connectivity index (χ2n) is 6.24. The molecule has 2 atom stereocenters. The molecule has 0 aliphatic carbocycles. The monoisotopic (exact) mass is 337 g/mol. The molecule has 1 aliphatic heterocycles. The van der Waals surface area contributed by atoms with E-state index in [1.807, 2.05) is 0 Å². The number of carbonyl (C=O) groups is 2. The maximum absolute atomic E-state index is 12.6. The molecule has 0 saturated carbocycles. The Kier molecular flexibility index (Phi) is 7.31. The Balaban J connectivity index is 2.71. The number of nitrogens with zero attached hydrogens (tertiary/aromatic N) is 2. The van der Waals surface area contributed by atoms with Crippen LogP contribution in [0.25, 0.3) is 0 Å². The molecule has 8 heteroatoms. The molecule has 0 radical (unpaired) electrons. The molecule has 2 amide bonds. The van der Waals surface area contributed by atoms with Crippen LogP contribution < -0.4 is 5.73 Å². The van der Waals surface area contributed by atoms with E-state index in [0.717, 1.165) is 4.90 Å². The third kappa shape index (κ3) is 6.76. The van der Waals surface area contributed by atoms with Crippen LogP contribution in [0.3, 0.4) is 0 Å². The first kappa shape index (κ1) is 19.7. The van der Waals surface area contributed by atoms with Gasteiger partial charge in [-0.25, -0.2) is 0 Å². The zero-order valence-corrected chi connectivity index (χ0v) is 13.7. The van der Waals surface area contributed by atoms with Gasteiger partial charge in [0.25, 0.3) is 0 Å². The van der Waals surface area contributed by atoms with Crippen LogP contribution in [0.2, 0.25) is 0 Å². The molecule has 1 rings (SSSR count). The van der Waals surface area contributed by atoms with Crippen LogP contribution in [0.4, 0.5) is 13.2 Å². The van der Waals surface area contributed by atoms with E-state index in [0.29, 0.717) is 25.8 Å². The molecule has 0 spiro atoms. The number of amides is 2. The second kappa shape index (κ2) is 8.52. The van der Waals surface area contributed by atoms with Crippen molar-refractivity contribution in [2.24, 2.45) is 11.7 Å². The molecule has 0 bridgehead atoms. The molecule has 0 aromatic heterocycles. The average Bonchev–Trinajstić information content (AvgIpc) is 2.44. The zero-order valence-electron chi connectivity index (χ0n) is 13.7. The molecule has 5 nitrogen and oxygen atoms in total. The highest BCUT2D eigenvalue weighted by molar-refractivity contribution is 5.81. The Labute approximate surface area is 135 Å². The van der Waals surface area contributed by atoms with E-state index in [-0.39, 0.29) is 31.5 Å². The fourth-order valence-electron chi connectivity index (χ4n) is 2.82. The van der Waals surface area contributed by atoms with Gasteiger partial charge in [-0.3, -0.25) is 9.59 Å². The average molecular weight is 337 g/mol. The standard InChI is InChI=1S/C15H26F3N3O2/c1-3-6-21(10-15(16,17)18)14(23)12-5-4-7-20(9-12)13(22)8-11(2)19/h11-12H,3-10,19H2,1-2H3. The van der Waals surface area contributed by atoms with Crippen LogP contribution >= 0.6 is 0 Å². The first-order valence-corrected chi connectivity index (χ1v) is 8.03. The fraction of sp³-hybridized carbons (Fsp3) is 0.867. The summed E-state index contributed by atoms with van der Waals surface area (Å²) in [6.07, 6.45) is -2.64. The molecule has 0 aromatic rings. The maximum Gasteiger partial charge on any atom is 0.406 e. The number of carbonyl (C=O) groups excluding carboxylic acids is 2. The molecule has 1 aliphatic rings. The highest BCUT2D eigenvalue weighted by atomic mass is 19.4. The van der Waals surface area contributed by atoms with Crippen LogP contribution in [0.1, 0.15) is 39.5 Å². The van der Waals surface area contributed by atoms with Crippen molar-refractivity contribution >= 4 is 11.8 Å². The Morgan fingerprint density at radius 3 is 2.57 bits per heavy atom. The van der Waals surface area contributed by atoms with Gasteiger partial charge in [-0.2, -0.15) is 13.2 Å². The van der Waals surface area contributed by atoms with E-state index >= 15 is 0 Å². The topological polar surface area (TPSA) is 66.6 Å². The molecule has 2 unspecified atom stereocenters. The summed E-state index contributed by atoms with van der Waals surface area (Å²) in [5.74, 6) is -1.22. The predicted octanol–water partition coefficient (Wildman–Crippen LogP) is 1.76. The summed E-state index contributed by atoms with van der Waals surface area (Å²) in [6, 6.07) is -0.277. The lowest BCUT2D eigenvalue weighted by atomic mass is 9.95. The fourth-order valence-corrected chi connectivity index (χ4v) is 2.82. The summed E-state index contributed by atoms with van der Waals surface area (Å²) in [7, 11) is 0. The molecule has 1 saturated heterocycles. The molecule has 0 aromatic carbocycles. The minimum absolute atomic E-state index is 0.0720. The lowest BCUT2D eigenvalue weighted by Gasteiger charge is -2.35. The van der Waals surface area contributed by atoms with Crippen LogP contribution in [0.5, 0.6) is 0 Å². The van der Waals surface area contributed by atoms with Gasteiger partial charge in [0.1, 0.15) is 6.54 Å².